The maximum atomic E-state index is 11.9. The molecule has 7 heteroatoms. The summed E-state index contributed by atoms with van der Waals surface area (Å²) in [5.41, 5.74) is -0.206. The molecule has 1 aliphatic rings. The van der Waals surface area contributed by atoms with E-state index in [1.807, 2.05) is 0 Å². The Morgan fingerprint density at radius 3 is 2.76 bits per heavy atom. The van der Waals surface area contributed by atoms with Crippen LogP contribution in [-0.2, 0) is 4.74 Å². The fourth-order valence-electron chi connectivity index (χ4n) is 2.52. The highest BCUT2D eigenvalue weighted by molar-refractivity contribution is 5.97. The molecule has 1 aromatic rings. The number of rotatable bonds is 4. The van der Waals surface area contributed by atoms with Crippen molar-refractivity contribution in [3.8, 4) is 5.75 Å². The van der Waals surface area contributed by atoms with Crippen molar-refractivity contribution < 1.29 is 24.5 Å². The second-order valence-electron chi connectivity index (χ2n) is 4.92. The van der Waals surface area contributed by atoms with Crippen molar-refractivity contribution in [1.29, 1.82) is 0 Å². The lowest BCUT2D eigenvalue weighted by atomic mass is 10.1. The third kappa shape index (κ3) is 3.43. The third-order valence-electron chi connectivity index (χ3n) is 3.59. The number of amides is 2. The highest BCUT2D eigenvalue weighted by Crippen LogP contribution is 2.27. The molecule has 0 aromatic heterocycles. The number of urea groups is 1. The highest BCUT2D eigenvalue weighted by atomic mass is 16.5. The molecule has 0 bridgehead atoms. The number of carboxylic acids is 1. The van der Waals surface area contributed by atoms with Crippen molar-refractivity contribution in [3.05, 3.63) is 23.8 Å². The van der Waals surface area contributed by atoms with Gasteiger partial charge in [-0.2, -0.15) is 0 Å². The van der Waals surface area contributed by atoms with E-state index < -0.39 is 17.7 Å². The number of aromatic carboxylic acids is 1. The van der Waals surface area contributed by atoms with E-state index in [4.69, 9.17) is 9.84 Å². The minimum Gasteiger partial charge on any atom is -0.505 e. The molecule has 0 aliphatic heterocycles. The molecule has 2 amide bonds. The molecule has 1 saturated carbocycles. The Morgan fingerprint density at radius 2 is 2.10 bits per heavy atom. The first kappa shape index (κ1) is 15.1. The number of aromatic hydroxyl groups is 1. The van der Waals surface area contributed by atoms with E-state index in [0.717, 1.165) is 19.3 Å². The maximum Gasteiger partial charge on any atom is 0.339 e. The number of carbonyl (C=O) groups excluding carboxylic acids is 1. The fourth-order valence-corrected chi connectivity index (χ4v) is 2.52. The average Bonchev–Trinajstić information content (AvgIpc) is 2.87. The van der Waals surface area contributed by atoms with E-state index in [1.165, 1.54) is 18.2 Å². The summed E-state index contributed by atoms with van der Waals surface area (Å²) in [7, 11) is 1.60. The molecule has 2 atom stereocenters. The van der Waals surface area contributed by atoms with Crippen LogP contribution in [0.5, 0.6) is 5.75 Å². The van der Waals surface area contributed by atoms with Gasteiger partial charge in [-0.1, -0.05) is 6.07 Å². The number of hydrogen-bond acceptors (Lipinski definition) is 4. The zero-order valence-electron chi connectivity index (χ0n) is 11.6. The van der Waals surface area contributed by atoms with Gasteiger partial charge >= 0.3 is 12.0 Å². The van der Waals surface area contributed by atoms with Crippen LogP contribution in [0.1, 0.15) is 29.6 Å². The molecule has 1 fully saturated rings. The molecule has 2 unspecified atom stereocenters. The Bertz CT molecular complexity index is 546. The Morgan fingerprint density at radius 1 is 1.33 bits per heavy atom. The number of carboxylic acid groups (broad SMARTS) is 1. The lowest BCUT2D eigenvalue weighted by molar-refractivity contribution is 0.0693. The maximum absolute atomic E-state index is 11.9. The number of ether oxygens (including phenoxy) is 1. The van der Waals surface area contributed by atoms with Crippen molar-refractivity contribution >= 4 is 17.7 Å². The van der Waals surface area contributed by atoms with E-state index in [-0.39, 0.29) is 23.4 Å². The van der Waals surface area contributed by atoms with Crippen molar-refractivity contribution in [1.82, 2.24) is 5.32 Å². The Kier molecular flexibility index (Phi) is 4.64. The molecule has 0 saturated heterocycles. The first-order chi connectivity index (χ1) is 10.0. The van der Waals surface area contributed by atoms with Crippen molar-refractivity contribution in [2.45, 2.75) is 31.4 Å². The van der Waals surface area contributed by atoms with E-state index >= 15 is 0 Å². The number of phenols is 1. The average molecular weight is 294 g/mol. The standard InChI is InChI=1S/C14H18N2O5/c1-21-11-7-3-5-9(11)15-14(20)16-10-6-2-4-8(12(10)17)13(18)19/h2,4,6,9,11,17H,3,5,7H2,1H3,(H,18,19)(H2,15,16,20). The summed E-state index contributed by atoms with van der Waals surface area (Å²) in [4.78, 5) is 22.8. The summed E-state index contributed by atoms with van der Waals surface area (Å²) >= 11 is 0. The Labute approximate surface area is 121 Å². The van der Waals surface area contributed by atoms with Crippen molar-refractivity contribution in [2.24, 2.45) is 0 Å². The fraction of sp³-hybridized carbons (Fsp3) is 0.429. The zero-order valence-corrected chi connectivity index (χ0v) is 11.6. The molecule has 2 rings (SSSR count). The number of methoxy groups -OCH3 is 1. The quantitative estimate of drug-likeness (QED) is 0.633. The predicted octanol–water partition coefficient (Wildman–Crippen LogP) is 1.78. The molecular formula is C14H18N2O5. The van der Waals surface area contributed by atoms with Gasteiger partial charge in [0.05, 0.1) is 17.8 Å². The molecule has 1 aliphatic carbocycles. The van der Waals surface area contributed by atoms with Gasteiger partial charge in [-0.25, -0.2) is 9.59 Å². The van der Waals surface area contributed by atoms with Gasteiger partial charge in [0.2, 0.25) is 0 Å². The van der Waals surface area contributed by atoms with Crippen LogP contribution in [0.25, 0.3) is 0 Å². The minimum atomic E-state index is -1.26. The number of hydrogen-bond donors (Lipinski definition) is 4. The monoisotopic (exact) mass is 294 g/mol. The Balaban J connectivity index is 2.03. The van der Waals surface area contributed by atoms with Gasteiger partial charge in [-0.05, 0) is 31.4 Å². The number of nitrogens with one attached hydrogen (secondary N) is 2. The molecule has 0 radical (unpaired) electrons. The van der Waals surface area contributed by atoms with Crippen molar-refractivity contribution in [3.63, 3.8) is 0 Å². The molecular weight excluding hydrogens is 276 g/mol. The van der Waals surface area contributed by atoms with Crippen LogP contribution in [0.15, 0.2) is 18.2 Å². The third-order valence-corrected chi connectivity index (χ3v) is 3.59. The summed E-state index contributed by atoms with van der Waals surface area (Å²) in [5, 5.41) is 24.0. The molecule has 114 valence electrons. The Hall–Kier alpha value is -2.28. The number of anilines is 1. The number of benzene rings is 1. The second kappa shape index (κ2) is 6.45. The zero-order chi connectivity index (χ0) is 15.4. The van der Waals surface area contributed by atoms with Crippen LogP contribution in [-0.4, -0.2) is 41.5 Å². The highest BCUT2D eigenvalue weighted by Gasteiger charge is 2.28. The second-order valence-corrected chi connectivity index (χ2v) is 4.92. The van der Waals surface area contributed by atoms with E-state index in [1.54, 1.807) is 7.11 Å². The molecule has 0 heterocycles. The molecule has 21 heavy (non-hydrogen) atoms. The van der Waals surface area contributed by atoms with Gasteiger partial charge in [0.1, 0.15) is 5.56 Å². The number of carbonyl (C=O) groups is 2. The van der Waals surface area contributed by atoms with Gasteiger partial charge in [0, 0.05) is 7.11 Å². The van der Waals surface area contributed by atoms with Gasteiger partial charge in [-0.15, -0.1) is 0 Å². The predicted molar refractivity (Wildman–Crippen MR) is 75.7 cm³/mol. The van der Waals surface area contributed by atoms with Crippen LogP contribution < -0.4 is 10.6 Å². The van der Waals surface area contributed by atoms with Crippen LogP contribution in [0, 0.1) is 0 Å². The van der Waals surface area contributed by atoms with E-state index in [2.05, 4.69) is 10.6 Å². The first-order valence-corrected chi connectivity index (χ1v) is 6.68. The topological polar surface area (TPSA) is 108 Å². The van der Waals surface area contributed by atoms with Crippen LogP contribution in [0.3, 0.4) is 0 Å². The summed E-state index contributed by atoms with van der Waals surface area (Å²) in [6, 6.07) is 3.57. The van der Waals surface area contributed by atoms with Gasteiger partial charge < -0.3 is 25.6 Å². The largest absolute Gasteiger partial charge is 0.505 e. The van der Waals surface area contributed by atoms with E-state index in [0.29, 0.717) is 0 Å². The normalized spacial score (nSPS) is 21.0. The van der Waals surface area contributed by atoms with Crippen LogP contribution >= 0.6 is 0 Å². The summed E-state index contributed by atoms with van der Waals surface area (Å²) in [5.74, 6) is -1.72. The first-order valence-electron chi connectivity index (χ1n) is 6.68. The summed E-state index contributed by atoms with van der Waals surface area (Å²) < 4.78 is 5.28. The van der Waals surface area contributed by atoms with E-state index in [9.17, 15) is 14.7 Å². The molecule has 1 aromatic carbocycles. The lowest BCUT2D eigenvalue weighted by Gasteiger charge is -2.20. The molecule has 0 spiro atoms. The van der Waals surface area contributed by atoms with Crippen molar-refractivity contribution in [2.75, 3.05) is 12.4 Å². The van der Waals surface area contributed by atoms with Gasteiger partial charge in [0.25, 0.3) is 0 Å². The molecule has 7 nitrogen and oxygen atoms in total. The number of para-hydroxylation sites is 1. The minimum absolute atomic E-state index is 0.0188. The van der Waals surface area contributed by atoms with Crippen LogP contribution in [0.2, 0.25) is 0 Å². The molecule has 4 N–H and O–H groups in total. The van der Waals surface area contributed by atoms with Gasteiger partial charge in [-0.3, -0.25) is 0 Å². The summed E-state index contributed by atoms with van der Waals surface area (Å²) in [6.07, 6.45) is 2.67. The lowest BCUT2D eigenvalue weighted by Crippen LogP contribution is -2.42. The smallest absolute Gasteiger partial charge is 0.339 e. The van der Waals surface area contributed by atoms with Gasteiger partial charge in [0.15, 0.2) is 5.75 Å². The SMILES string of the molecule is COC1CCCC1NC(=O)Nc1cccc(C(=O)O)c1O. The van der Waals surface area contributed by atoms with Crippen LogP contribution in [0.4, 0.5) is 10.5 Å². The summed E-state index contributed by atoms with van der Waals surface area (Å²) in [6.45, 7) is 0.